The normalized spacial score (nSPS) is 20.1. The van der Waals surface area contributed by atoms with Crippen LogP contribution in [0.25, 0.3) is 0 Å². The van der Waals surface area contributed by atoms with Gasteiger partial charge in [0.15, 0.2) is 5.76 Å². The molecule has 0 saturated carbocycles. The van der Waals surface area contributed by atoms with E-state index >= 15 is 0 Å². The Kier molecular flexibility index (Phi) is 4.74. The summed E-state index contributed by atoms with van der Waals surface area (Å²) in [6.45, 7) is 7.20. The summed E-state index contributed by atoms with van der Waals surface area (Å²) in [5.74, 6) is 0.857. The summed E-state index contributed by atoms with van der Waals surface area (Å²) in [5.41, 5.74) is 1.55. The van der Waals surface area contributed by atoms with Gasteiger partial charge < -0.3 is 19.6 Å². The van der Waals surface area contributed by atoms with E-state index in [-0.39, 0.29) is 11.3 Å². The standard InChI is InChI=1S/C16H25NO4/c1-10-13-11(18)8-16(2,3)9-12(13)21-14(10)15(19)17-6-5-7-20-4/h11,18H,5-9H2,1-4H3,(H,17,19)/t11-/m1/s1. The fraction of sp³-hybridized carbons (Fsp3) is 0.688. The summed E-state index contributed by atoms with van der Waals surface area (Å²) in [7, 11) is 1.63. The molecule has 5 nitrogen and oxygen atoms in total. The topological polar surface area (TPSA) is 71.7 Å². The third-order valence-electron chi connectivity index (χ3n) is 4.01. The van der Waals surface area contributed by atoms with E-state index in [4.69, 9.17) is 9.15 Å². The second-order valence-electron chi connectivity index (χ2n) is 6.56. The highest BCUT2D eigenvalue weighted by Crippen LogP contribution is 2.43. The van der Waals surface area contributed by atoms with Gasteiger partial charge in [0, 0.05) is 37.8 Å². The molecule has 0 radical (unpaired) electrons. The minimum absolute atomic E-state index is 0.0110. The Labute approximate surface area is 125 Å². The molecule has 0 unspecified atom stereocenters. The van der Waals surface area contributed by atoms with Gasteiger partial charge in [-0.3, -0.25) is 4.79 Å². The molecule has 1 heterocycles. The number of amides is 1. The second kappa shape index (κ2) is 6.20. The van der Waals surface area contributed by atoms with E-state index in [2.05, 4.69) is 19.2 Å². The van der Waals surface area contributed by atoms with Crippen LogP contribution >= 0.6 is 0 Å². The molecular formula is C16H25NO4. The van der Waals surface area contributed by atoms with Crippen molar-refractivity contribution in [1.82, 2.24) is 5.32 Å². The quantitative estimate of drug-likeness (QED) is 0.818. The molecule has 0 fully saturated rings. The molecule has 21 heavy (non-hydrogen) atoms. The Balaban J connectivity index is 2.14. The lowest BCUT2D eigenvalue weighted by Crippen LogP contribution is -2.25. The molecule has 2 rings (SSSR count). The zero-order valence-electron chi connectivity index (χ0n) is 13.3. The Hall–Kier alpha value is -1.33. The minimum Gasteiger partial charge on any atom is -0.455 e. The predicted molar refractivity (Wildman–Crippen MR) is 79.3 cm³/mol. The monoisotopic (exact) mass is 295 g/mol. The van der Waals surface area contributed by atoms with Crippen LogP contribution < -0.4 is 5.32 Å². The van der Waals surface area contributed by atoms with Crippen LogP contribution in [0.2, 0.25) is 0 Å². The van der Waals surface area contributed by atoms with Crippen LogP contribution in [-0.2, 0) is 11.2 Å². The first-order valence-corrected chi connectivity index (χ1v) is 7.43. The second-order valence-corrected chi connectivity index (χ2v) is 6.56. The highest BCUT2D eigenvalue weighted by atomic mass is 16.5. The van der Waals surface area contributed by atoms with Crippen molar-refractivity contribution in [3.8, 4) is 0 Å². The number of fused-ring (bicyclic) bond motifs is 1. The number of aliphatic hydroxyl groups is 1. The molecule has 5 heteroatoms. The van der Waals surface area contributed by atoms with Gasteiger partial charge in [-0.15, -0.1) is 0 Å². The lowest BCUT2D eigenvalue weighted by atomic mass is 9.75. The largest absolute Gasteiger partial charge is 0.455 e. The van der Waals surface area contributed by atoms with E-state index in [1.165, 1.54) is 0 Å². The fourth-order valence-electron chi connectivity index (χ4n) is 3.00. The van der Waals surface area contributed by atoms with Gasteiger partial charge in [0.2, 0.25) is 0 Å². The zero-order valence-corrected chi connectivity index (χ0v) is 13.3. The molecule has 118 valence electrons. The van der Waals surface area contributed by atoms with E-state index in [0.717, 1.165) is 29.7 Å². The number of furan rings is 1. The molecule has 2 N–H and O–H groups in total. The van der Waals surface area contributed by atoms with Gasteiger partial charge in [-0.2, -0.15) is 0 Å². The van der Waals surface area contributed by atoms with E-state index in [1.807, 2.05) is 6.92 Å². The van der Waals surface area contributed by atoms with Crippen molar-refractivity contribution < 1.29 is 19.1 Å². The van der Waals surface area contributed by atoms with Crippen LogP contribution in [0.1, 0.15) is 60.2 Å². The summed E-state index contributed by atoms with van der Waals surface area (Å²) < 4.78 is 10.7. The van der Waals surface area contributed by atoms with Crippen LogP contribution in [0.5, 0.6) is 0 Å². The van der Waals surface area contributed by atoms with Crippen LogP contribution in [0.15, 0.2) is 4.42 Å². The van der Waals surface area contributed by atoms with Crippen LogP contribution in [0.3, 0.4) is 0 Å². The smallest absolute Gasteiger partial charge is 0.287 e. The number of carbonyl (C=O) groups excluding carboxylic acids is 1. The maximum absolute atomic E-state index is 12.2. The van der Waals surface area contributed by atoms with Gasteiger partial charge >= 0.3 is 0 Å². The Morgan fingerprint density at radius 3 is 2.90 bits per heavy atom. The maximum atomic E-state index is 12.2. The van der Waals surface area contributed by atoms with E-state index in [1.54, 1.807) is 7.11 Å². The molecule has 1 aliphatic rings. The SMILES string of the molecule is COCCCNC(=O)c1oc2c(c1C)[C@H](O)CC(C)(C)C2. The summed E-state index contributed by atoms with van der Waals surface area (Å²) >= 11 is 0. The van der Waals surface area contributed by atoms with E-state index in [9.17, 15) is 9.90 Å². The first-order valence-electron chi connectivity index (χ1n) is 7.43. The Morgan fingerprint density at radius 1 is 1.52 bits per heavy atom. The fourth-order valence-corrected chi connectivity index (χ4v) is 3.00. The van der Waals surface area contributed by atoms with Crippen molar-refractivity contribution >= 4 is 5.91 Å². The number of nitrogens with one attached hydrogen (secondary N) is 1. The van der Waals surface area contributed by atoms with E-state index in [0.29, 0.717) is 25.3 Å². The lowest BCUT2D eigenvalue weighted by Gasteiger charge is -2.31. The Bertz CT molecular complexity index is 519. The first-order chi connectivity index (χ1) is 9.85. The van der Waals surface area contributed by atoms with Crippen molar-refractivity contribution in [2.45, 2.75) is 46.1 Å². The first kappa shape index (κ1) is 16.0. The Morgan fingerprint density at radius 2 is 2.24 bits per heavy atom. The van der Waals surface area contributed by atoms with Gasteiger partial charge in [0.05, 0.1) is 6.10 Å². The summed E-state index contributed by atoms with van der Waals surface area (Å²) in [6.07, 6.45) is 1.65. The average molecular weight is 295 g/mol. The minimum atomic E-state index is -0.553. The number of rotatable bonds is 5. The third-order valence-corrected chi connectivity index (χ3v) is 4.01. The van der Waals surface area contributed by atoms with Crippen LogP contribution in [0, 0.1) is 12.3 Å². The highest BCUT2D eigenvalue weighted by molar-refractivity contribution is 5.93. The number of hydrogen-bond donors (Lipinski definition) is 2. The van der Waals surface area contributed by atoms with Crippen LogP contribution in [-0.4, -0.2) is 31.3 Å². The average Bonchev–Trinajstić information content (AvgIpc) is 2.70. The summed E-state index contributed by atoms with van der Waals surface area (Å²) in [4.78, 5) is 12.2. The van der Waals surface area contributed by atoms with Crippen LogP contribution in [0.4, 0.5) is 0 Å². The molecule has 1 aromatic rings. The number of methoxy groups -OCH3 is 1. The number of hydrogen-bond acceptors (Lipinski definition) is 4. The van der Waals surface area contributed by atoms with Gasteiger partial charge in [-0.25, -0.2) is 0 Å². The van der Waals surface area contributed by atoms with Crippen molar-refractivity contribution in [3.63, 3.8) is 0 Å². The molecule has 1 aromatic heterocycles. The third kappa shape index (κ3) is 3.47. The highest BCUT2D eigenvalue weighted by Gasteiger charge is 2.37. The van der Waals surface area contributed by atoms with E-state index < -0.39 is 6.10 Å². The lowest BCUT2D eigenvalue weighted by molar-refractivity contribution is 0.0882. The molecule has 0 aliphatic heterocycles. The molecular weight excluding hydrogens is 270 g/mol. The number of aliphatic hydroxyl groups excluding tert-OH is 1. The van der Waals surface area contributed by atoms with Crippen molar-refractivity contribution in [2.75, 3.05) is 20.3 Å². The molecule has 1 aliphatic carbocycles. The van der Waals surface area contributed by atoms with Gasteiger partial charge in [0.25, 0.3) is 5.91 Å². The molecule has 0 aromatic carbocycles. The molecule has 0 saturated heterocycles. The molecule has 1 amide bonds. The summed E-state index contributed by atoms with van der Waals surface area (Å²) in [5, 5.41) is 13.1. The number of ether oxygens (including phenoxy) is 1. The molecule has 1 atom stereocenters. The number of carbonyl (C=O) groups is 1. The van der Waals surface area contributed by atoms with Crippen molar-refractivity contribution in [1.29, 1.82) is 0 Å². The molecule has 0 bridgehead atoms. The maximum Gasteiger partial charge on any atom is 0.287 e. The van der Waals surface area contributed by atoms with Crippen molar-refractivity contribution in [2.24, 2.45) is 5.41 Å². The van der Waals surface area contributed by atoms with Gasteiger partial charge in [-0.05, 0) is 25.2 Å². The summed E-state index contributed by atoms with van der Waals surface area (Å²) in [6, 6.07) is 0. The molecule has 0 spiro atoms. The van der Waals surface area contributed by atoms with Gasteiger partial charge in [0.1, 0.15) is 5.76 Å². The zero-order chi connectivity index (χ0) is 15.6. The predicted octanol–water partition coefficient (Wildman–Crippen LogP) is 2.36. The van der Waals surface area contributed by atoms with Crippen molar-refractivity contribution in [3.05, 3.63) is 22.6 Å². The van der Waals surface area contributed by atoms with Gasteiger partial charge in [-0.1, -0.05) is 13.8 Å².